The molecule has 94 valence electrons. The molecule has 0 radical (unpaired) electrons. The minimum Gasteiger partial charge on any atom is -0.368 e. The summed E-state index contributed by atoms with van der Waals surface area (Å²) < 4.78 is 0. The van der Waals surface area contributed by atoms with E-state index in [4.69, 9.17) is 5.73 Å². The summed E-state index contributed by atoms with van der Waals surface area (Å²) in [6, 6.07) is 0. The third kappa shape index (κ3) is 3.19. The maximum atomic E-state index is 11.5. The maximum absolute atomic E-state index is 11.5. The van der Waals surface area contributed by atoms with Crippen molar-refractivity contribution in [1.82, 2.24) is 10.2 Å². The van der Waals surface area contributed by atoms with Crippen molar-refractivity contribution in [2.75, 3.05) is 26.2 Å². The molecule has 0 spiro atoms. The monoisotopic (exact) mass is 227 g/mol. The lowest BCUT2D eigenvalue weighted by molar-refractivity contribution is -0.124. The van der Waals surface area contributed by atoms with E-state index in [1.165, 1.54) is 0 Å². The maximum Gasteiger partial charge on any atom is 0.237 e. The lowest BCUT2D eigenvalue weighted by Crippen LogP contribution is -2.56. The molecule has 0 aromatic rings. The van der Waals surface area contributed by atoms with E-state index < -0.39 is 5.54 Å². The molecule has 1 saturated carbocycles. The second kappa shape index (κ2) is 5.64. The summed E-state index contributed by atoms with van der Waals surface area (Å²) in [5.74, 6) is 0.233. The summed E-state index contributed by atoms with van der Waals surface area (Å²) >= 11 is 0. The van der Waals surface area contributed by atoms with Crippen LogP contribution in [0.15, 0.2) is 0 Å². The van der Waals surface area contributed by atoms with Crippen LogP contribution in [0, 0.1) is 5.92 Å². The fraction of sp³-hybridized carbons (Fsp3) is 0.917. The van der Waals surface area contributed by atoms with Crippen molar-refractivity contribution in [3.63, 3.8) is 0 Å². The molecule has 0 aromatic heterocycles. The molecule has 1 atom stereocenters. The minimum absolute atomic E-state index is 0.213. The number of hydrogen-bond donors (Lipinski definition) is 2. The third-order valence-electron chi connectivity index (χ3n) is 3.72. The highest BCUT2D eigenvalue weighted by atomic mass is 16.1. The van der Waals surface area contributed by atoms with Crippen LogP contribution in [0.3, 0.4) is 0 Å². The van der Waals surface area contributed by atoms with Crippen LogP contribution in [0.2, 0.25) is 0 Å². The molecule has 1 amide bonds. The SMILES string of the molecule is CCN(CC)CCNC(C)(C(N)=O)C1CC1. The van der Waals surface area contributed by atoms with Crippen molar-refractivity contribution in [2.24, 2.45) is 11.7 Å². The first-order valence-electron chi connectivity index (χ1n) is 6.31. The summed E-state index contributed by atoms with van der Waals surface area (Å²) in [6.45, 7) is 10.1. The number of carbonyl (C=O) groups excluding carboxylic acids is 1. The van der Waals surface area contributed by atoms with Crippen LogP contribution in [0.5, 0.6) is 0 Å². The number of likely N-dealkylation sites (N-methyl/N-ethyl adjacent to an activating group) is 1. The van der Waals surface area contributed by atoms with Gasteiger partial charge in [-0.3, -0.25) is 4.79 Å². The van der Waals surface area contributed by atoms with Crippen molar-refractivity contribution in [2.45, 2.75) is 39.2 Å². The first kappa shape index (κ1) is 13.5. The highest BCUT2D eigenvalue weighted by Crippen LogP contribution is 2.39. The predicted molar refractivity (Wildman–Crippen MR) is 66.1 cm³/mol. The van der Waals surface area contributed by atoms with Gasteiger partial charge in [0.2, 0.25) is 5.91 Å². The van der Waals surface area contributed by atoms with Crippen LogP contribution < -0.4 is 11.1 Å². The Morgan fingerprint density at radius 1 is 1.44 bits per heavy atom. The van der Waals surface area contributed by atoms with Crippen molar-refractivity contribution in [3.05, 3.63) is 0 Å². The Morgan fingerprint density at radius 3 is 2.38 bits per heavy atom. The Kier molecular flexibility index (Phi) is 4.74. The smallest absolute Gasteiger partial charge is 0.237 e. The summed E-state index contributed by atoms with van der Waals surface area (Å²) in [5, 5.41) is 3.34. The average Bonchev–Trinajstić information content (AvgIpc) is 3.07. The van der Waals surface area contributed by atoms with E-state index in [0.29, 0.717) is 5.92 Å². The zero-order valence-electron chi connectivity index (χ0n) is 10.8. The Labute approximate surface area is 98.6 Å². The van der Waals surface area contributed by atoms with Gasteiger partial charge in [-0.25, -0.2) is 0 Å². The molecule has 0 bridgehead atoms. The summed E-state index contributed by atoms with van der Waals surface area (Å²) in [7, 11) is 0. The molecule has 1 unspecified atom stereocenters. The van der Waals surface area contributed by atoms with Gasteiger partial charge in [-0.15, -0.1) is 0 Å². The Bertz CT molecular complexity index is 236. The minimum atomic E-state index is -0.493. The molecule has 0 saturated heterocycles. The topological polar surface area (TPSA) is 58.4 Å². The van der Waals surface area contributed by atoms with Crippen molar-refractivity contribution >= 4 is 5.91 Å². The van der Waals surface area contributed by atoms with Gasteiger partial charge >= 0.3 is 0 Å². The molecule has 1 rings (SSSR count). The van der Waals surface area contributed by atoms with Crippen molar-refractivity contribution in [3.8, 4) is 0 Å². The van der Waals surface area contributed by atoms with Gasteiger partial charge in [0.1, 0.15) is 0 Å². The van der Waals surface area contributed by atoms with E-state index in [2.05, 4.69) is 24.1 Å². The number of nitrogens with two attached hydrogens (primary N) is 1. The van der Waals surface area contributed by atoms with E-state index in [-0.39, 0.29) is 5.91 Å². The zero-order chi connectivity index (χ0) is 12.2. The molecule has 0 aliphatic heterocycles. The summed E-state index contributed by atoms with van der Waals surface area (Å²) in [4.78, 5) is 13.8. The van der Waals surface area contributed by atoms with Gasteiger partial charge in [-0.2, -0.15) is 0 Å². The molecule has 4 nitrogen and oxygen atoms in total. The fourth-order valence-electron chi connectivity index (χ4n) is 2.11. The average molecular weight is 227 g/mol. The molecular weight excluding hydrogens is 202 g/mol. The van der Waals surface area contributed by atoms with E-state index in [1.54, 1.807) is 0 Å². The van der Waals surface area contributed by atoms with E-state index >= 15 is 0 Å². The third-order valence-corrected chi connectivity index (χ3v) is 3.72. The van der Waals surface area contributed by atoms with Gasteiger partial charge in [0.25, 0.3) is 0 Å². The van der Waals surface area contributed by atoms with Gasteiger partial charge in [-0.1, -0.05) is 13.8 Å². The lowest BCUT2D eigenvalue weighted by atomic mass is 9.95. The zero-order valence-corrected chi connectivity index (χ0v) is 10.8. The van der Waals surface area contributed by atoms with Crippen molar-refractivity contribution in [1.29, 1.82) is 0 Å². The number of nitrogens with one attached hydrogen (secondary N) is 1. The number of amides is 1. The second-order valence-electron chi connectivity index (χ2n) is 4.79. The summed E-state index contributed by atoms with van der Waals surface area (Å²) in [5.41, 5.74) is 4.99. The lowest BCUT2D eigenvalue weighted by Gasteiger charge is -2.29. The molecule has 0 heterocycles. The van der Waals surface area contributed by atoms with Gasteiger partial charge in [0, 0.05) is 13.1 Å². The fourth-order valence-corrected chi connectivity index (χ4v) is 2.11. The van der Waals surface area contributed by atoms with Crippen LogP contribution in [0.1, 0.15) is 33.6 Å². The quantitative estimate of drug-likeness (QED) is 0.637. The largest absolute Gasteiger partial charge is 0.368 e. The Hall–Kier alpha value is -0.610. The van der Waals surface area contributed by atoms with Crippen LogP contribution in [-0.2, 0) is 4.79 Å². The van der Waals surface area contributed by atoms with Crippen molar-refractivity contribution < 1.29 is 4.79 Å². The van der Waals surface area contributed by atoms with Crippen LogP contribution in [-0.4, -0.2) is 42.5 Å². The first-order chi connectivity index (χ1) is 7.54. The van der Waals surface area contributed by atoms with Gasteiger partial charge in [0.15, 0.2) is 0 Å². The molecule has 1 aliphatic rings. The molecule has 4 heteroatoms. The molecule has 1 aliphatic carbocycles. The molecule has 16 heavy (non-hydrogen) atoms. The highest BCUT2D eigenvalue weighted by molar-refractivity contribution is 5.85. The molecule has 0 aromatic carbocycles. The van der Waals surface area contributed by atoms with Crippen LogP contribution in [0.4, 0.5) is 0 Å². The standard InChI is InChI=1S/C12H25N3O/c1-4-15(5-2)9-8-14-12(3,11(13)16)10-6-7-10/h10,14H,4-9H2,1-3H3,(H2,13,16). The predicted octanol–water partition coefficient (Wildman–Crippen LogP) is 0.572. The second-order valence-corrected chi connectivity index (χ2v) is 4.79. The number of primary amides is 1. The number of carbonyl (C=O) groups is 1. The van der Waals surface area contributed by atoms with Gasteiger partial charge < -0.3 is 16.0 Å². The van der Waals surface area contributed by atoms with Crippen LogP contribution in [0.25, 0.3) is 0 Å². The van der Waals surface area contributed by atoms with Crippen LogP contribution >= 0.6 is 0 Å². The summed E-state index contributed by atoms with van der Waals surface area (Å²) in [6.07, 6.45) is 2.25. The molecule has 1 fully saturated rings. The number of nitrogens with zero attached hydrogens (tertiary/aromatic N) is 1. The molecular formula is C12H25N3O. The molecule has 3 N–H and O–H groups in total. The number of hydrogen-bond acceptors (Lipinski definition) is 3. The van der Waals surface area contributed by atoms with Gasteiger partial charge in [-0.05, 0) is 38.8 Å². The normalized spacial score (nSPS) is 19.8. The Balaban J connectivity index is 2.36. The van der Waals surface area contributed by atoms with Gasteiger partial charge in [0.05, 0.1) is 5.54 Å². The van der Waals surface area contributed by atoms with E-state index in [1.807, 2.05) is 6.92 Å². The first-order valence-corrected chi connectivity index (χ1v) is 6.31. The van der Waals surface area contributed by atoms with E-state index in [0.717, 1.165) is 39.0 Å². The van der Waals surface area contributed by atoms with E-state index in [9.17, 15) is 4.79 Å². The highest BCUT2D eigenvalue weighted by Gasteiger charge is 2.45. The Morgan fingerprint density at radius 2 is 2.00 bits per heavy atom. The number of rotatable bonds is 8.